The summed E-state index contributed by atoms with van der Waals surface area (Å²) < 4.78 is 15.6. The van der Waals surface area contributed by atoms with Crippen LogP contribution in [0.3, 0.4) is 0 Å². The van der Waals surface area contributed by atoms with E-state index in [0.29, 0.717) is 22.4 Å². The Hall–Kier alpha value is -3.02. The Morgan fingerprint density at radius 1 is 1.14 bits per heavy atom. The number of benzene rings is 2. The van der Waals surface area contributed by atoms with Crippen molar-refractivity contribution in [3.63, 3.8) is 0 Å². The van der Waals surface area contributed by atoms with E-state index in [9.17, 15) is 4.79 Å². The Morgan fingerprint density at radius 2 is 1.95 bits per heavy atom. The summed E-state index contributed by atoms with van der Waals surface area (Å²) in [7, 11) is 2.91. The zero-order valence-corrected chi connectivity index (χ0v) is 12.1. The van der Waals surface area contributed by atoms with Gasteiger partial charge in [-0.05, 0) is 24.3 Å². The third-order valence-electron chi connectivity index (χ3n) is 3.17. The van der Waals surface area contributed by atoms with Crippen LogP contribution >= 0.6 is 0 Å². The number of hydrogen-bond acceptors (Lipinski definition) is 6. The average Bonchev–Trinajstić information content (AvgIpc) is 2.96. The number of aromatic nitrogens is 1. The topological polar surface area (TPSA) is 73.6 Å². The molecule has 0 amide bonds. The third-order valence-corrected chi connectivity index (χ3v) is 3.17. The highest BCUT2D eigenvalue weighted by atomic mass is 16.5. The van der Waals surface area contributed by atoms with Crippen LogP contribution in [0, 0.1) is 0 Å². The molecule has 112 valence electrons. The number of para-hydroxylation sites is 3. The van der Waals surface area contributed by atoms with Crippen molar-refractivity contribution in [2.75, 3.05) is 19.5 Å². The number of esters is 1. The van der Waals surface area contributed by atoms with Gasteiger partial charge in [0.2, 0.25) is 0 Å². The van der Waals surface area contributed by atoms with Crippen LogP contribution in [0.4, 0.5) is 11.7 Å². The summed E-state index contributed by atoms with van der Waals surface area (Å²) in [6, 6.07) is 12.8. The van der Waals surface area contributed by atoms with Crippen molar-refractivity contribution in [3.05, 3.63) is 48.0 Å². The second-order valence-corrected chi connectivity index (χ2v) is 4.49. The molecule has 0 bridgehead atoms. The number of oxazole rings is 1. The minimum Gasteiger partial charge on any atom is -0.495 e. The SMILES string of the molecule is COC(=O)c1cccc2oc(Nc3ccccc3OC)nc12. The predicted molar refractivity (Wildman–Crippen MR) is 81.6 cm³/mol. The molecule has 0 unspecified atom stereocenters. The van der Waals surface area contributed by atoms with Crippen LogP contribution in [0.25, 0.3) is 11.1 Å². The highest BCUT2D eigenvalue weighted by Gasteiger charge is 2.16. The van der Waals surface area contributed by atoms with Crippen molar-refractivity contribution in [1.29, 1.82) is 0 Å². The number of nitrogens with zero attached hydrogens (tertiary/aromatic N) is 1. The van der Waals surface area contributed by atoms with Crippen LogP contribution < -0.4 is 10.1 Å². The van der Waals surface area contributed by atoms with Gasteiger partial charge in [0.25, 0.3) is 6.01 Å². The van der Waals surface area contributed by atoms with Gasteiger partial charge in [0.05, 0.1) is 25.5 Å². The Balaban J connectivity index is 2.01. The predicted octanol–water partition coefficient (Wildman–Crippen LogP) is 3.37. The lowest BCUT2D eigenvalue weighted by molar-refractivity contribution is 0.0603. The molecule has 0 saturated heterocycles. The molecular formula is C16H14N2O4. The van der Waals surface area contributed by atoms with E-state index in [1.807, 2.05) is 24.3 Å². The molecule has 2 aromatic carbocycles. The number of ether oxygens (including phenoxy) is 2. The molecule has 3 rings (SSSR count). The summed E-state index contributed by atoms with van der Waals surface area (Å²) in [6.07, 6.45) is 0. The number of anilines is 2. The summed E-state index contributed by atoms with van der Waals surface area (Å²) in [5.41, 5.74) is 2.03. The number of nitrogens with one attached hydrogen (secondary N) is 1. The molecule has 0 fully saturated rings. The molecule has 0 aliphatic carbocycles. The van der Waals surface area contributed by atoms with Crippen LogP contribution in [0.5, 0.6) is 5.75 Å². The third kappa shape index (κ3) is 2.46. The van der Waals surface area contributed by atoms with Crippen molar-refractivity contribution >= 4 is 28.8 Å². The number of methoxy groups -OCH3 is 2. The van der Waals surface area contributed by atoms with Gasteiger partial charge in [0.15, 0.2) is 5.58 Å². The van der Waals surface area contributed by atoms with Crippen LogP contribution in [0.15, 0.2) is 46.9 Å². The van der Waals surface area contributed by atoms with E-state index in [2.05, 4.69) is 10.3 Å². The quantitative estimate of drug-likeness (QED) is 0.744. The van der Waals surface area contributed by atoms with Crippen molar-refractivity contribution in [3.8, 4) is 5.75 Å². The second kappa shape index (κ2) is 5.77. The molecule has 6 nitrogen and oxygen atoms in total. The van der Waals surface area contributed by atoms with Crippen molar-refractivity contribution < 1.29 is 18.7 Å². The monoisotopic (exact) mass is 298 g/mol. The van der Waals surface area contributed by atoms with Gasteiger partial charge in [-0.15, -0.1) is 0 Å². The fourth-order valence-electron chi connectivity index (χ4n) is 2.14. The average molecular weight is 298 g/mol. The Morgan fingerprint density at radius 3 is 2.73 bits per heavy atom. The first-order valence-electron chi connectivity index (χ1n) is 6.61. The molecule has 0 atom stereocenters. The second-order valence-electron chi connectivity index (χ2n) is 4.49. The van der Waals surface area contributed by atoms with Gasteiger partial charge in [-0.1, -0.05) is 18.2 Å². The van der Waals surface area contributed by atoms with E-state index < -0.39 is 5.97 Å². The number of hydrogen-bond donors (Lipinski definition) is 1. The maximum absolute atomic E-state index is 11.8. The summed E-state index contributed by atoms with van der Waals surface area (Å²) in [4.78, 5) is 16.1. The van der Waals surface area contributed by atoms with Crippen molar-refractivity contribution in [2.24, 2.45) is 0 Å². The minimum atomic E-state index is -0.456. The number of carbonyl (C=O) groups is 1. The maximum Gasteiger partial charge on any atom is 0.340 e. The highest BCUT2D eigenvalue weighted by molar-refractivity contribution is 6.01. The van der Waals surface area contributed by atoms with Crippen LogP contribution in [-0.2, 0) is 4.74 Å². The molecule has 6 heteroatoms. The molecule has 0 aliphatic rings. The van der Waals surface area contributed by atoms with Crippen LogP contribution in [0.1, 0.15) is 10.4 Å². The van der Waals surface area contributed by atoms with E-state index in [-0.39, 0.29) is 6.01 Å². The Kier molecular flexibility index (Phi) is 3.65. The molecule has 1 heterocycles. The summed E-state index contributed by atoms with van der Waals surface area (Å²) in [5, 5.41) is 3.04. The largest absolute Gasteiger partial charge is 0.495 e. The fourth-order valence-corrected chi connectivity index (χ4v) is 2.14. The standard InChI is InChI=1S/C16H14N2O4/c1-20-12-8-4-3-7-11(12)17-16-18-14-10(15(19)21-2)6-5-9-13(14)22-16/h3-9H,1-2H3,(H,17,18). The van der Waals surface area contributed by atoms with Gasteiger partial charge in [0, 0.05) is 0 Å². The summed E-state index contributed by atoms with van der Waals surface area (Å²) >= 11 is 0. The summed E-state index contributed by atoms with van der Waals surface area (Å²) in [5.74, 6) is 0.209. The van der Waals surface area contributed by atoms with E-state index in [1.165, 1.54) is 7.11 Å². The molecule has 0 aliphatic heterocycles. The van der Waals surface area contributed by atoms with Gasteiger partial charge >= 0.3 is 5.97 Å². The smallest absolute Gasteiger partial charge is 0.340 e. The van der Waals surface area contributed by atoms with Gasteiger partial charge in [-0.3, -0.25) is 0 Å². The lowest BCUT2D eigenvalue weighted by Gasteiger charge is -2.07. The van der Waals surface area contributed by atoms with Gasteiger partial charge in [0.1, 0.15) is 11.3 Å². The van der Waals surface area contributed by atoms with E-state index in [4.69, 9.17) is 13.9 Å². The molecule has 0 spiro atoms. The van der Waals surface area contributed by atoms with Crippen LogP contribution in [-0.4, -0.2) is 25.2 Å². The minimum absolute atomic E-state index is 0.274. The molecule has 0 saturated carbocycles. The van der Waals surface area contributed by atoms with Gasteiger partial charge in [-0.2, -0.15) is 4.98 Å². The zero-order chi connectivity index (χ0) is 15.5. The number of rotatable bonds is 4. The van der Waals surface area contributed by atoms with Gasteiger partial charge < -0.3 is 19.2 Å². The summed E-state index contributed by atoms with van der Waals surface area (Å²) in [6.45, 7) is 0. The van der Waals surface area contributed by atoms with Gasteiger partial charge in [-0.25, -0.2) is 4.79 Å². The first-order chi connectivity index (χ1) is 10.7. The van der Waals surface area contributed by atoms with E-state index in [1.54, 1.807) is 25.3 Å². The maximum atomic E-state index is 11.8. The molecule has 1 aromatic heterocycles. The fraction of sp³-hybridized carbons (Fsp3) is 0.125. The lowest BCUT2D eigenvalue weighted by atomic mass is 10.2. The van der Waals surface area contributed by atoms with Crippen LogP contribution in [0.2, 0.25) is 0 Å². The van der Waals surface area contributed by atoms with Crippen molar-refractivity contribution in [1.82, 2.24) is 4.98 Å². The normalized spacial score (nSPS) is 10.5. The molecule has 22 heavy (non-hydrogen) atoms. The molecule has 1 N–H and O–H groups in total. The Labute approximate surface area is 126 Å². The van der Waals surface area contributed by atoms with E-state index in [0.717, 1.165) is 5.69 Å². The number of fused-ring (bicyclic) bond motifs is 1. The molecule has 0 radical (unpaired) electrons. The van der Waals surface area contributed by atoms with Crippen molar-refractivity contribution in [2.45, 2.75) is 0 Å². The molecule has 3 aromatic rings. The first-order valence-corrected chi connectivity index (χ1v) is 6.61. The zero-order valence-electron chi connectivity index (χ0n) is 12.1. The number of carbonyl (C=O) groups excluding carboxylic acids is 1. The first kappa shape index (κ1) is 13.9. The Bertz CT molecular complexity index is 826. The highest BCUT2D eigenvalue weighted by Crippen LogP contribution is 2.29. The van der Waals surface area contributed by atoms with E-state index >= 15 is 0 Å². The lowest BCUT2D eigenvalue weighted by Crippen LogP contribution is -2.01. The molecular weight excluding hydrogens is 284 g/mol.